The highest BCUT2D eigenvalue weighted by Crippen LogP contribution is 2.46. The van der Waals surface area contributed by atoms with Crippen LogP contribution in [0.1, 0.15) is 35.1 Å². The topological polar surface area (TPSA) is 3.24 Å². The Morgan fingerprint density at radius 2 is 1.39 bits per heavy atom. The van der Waals surface area contributed by atoms with Crippen LogP contribution in [0.5, 0.6) is 0 Å². The molecule has 0 saturated heterocycles. The first-order valence-corrected chi connectivity index (χ1v) is 16.2. The summed E-state index contributed by atoms with van der Waals surface area (Å²) in [5.74, 6) is 0. The molecule has 0 aromatic heterocycles. The van der Waals surface area contributed by atoms with Crippen LogP contribution in [-0.4, -0.2) is 0 Å². The zero-order valence-electron chi connectivity index (χ0n) is 25.9. The third-order valence-electron chi connectivity index (χ3n) is 9.36. The van der Waals surface area contributed by atoms with Crippen molar-refractivity contribution in [3.8, 4) is 0 Å². The Labute approximate surface area is 271 Å². The lowest BCUT2D eigenvalue weighted by atomic mass is 9.84. The van der Waals surface area contributed by atoms with Gasteiger partial charge >= 0.3 is 0 Å². The number of nitrogens with zero attached hydrogens (tertiary/aromatic N) is 1. The molecular formula is C45H35N. The number of fused-ring (bicyclic) bond motifs is 4. The summed E-state index contributed by atoms with van der Waals surface area (Å²) < 4.78 is 0. The maximum atomic E-state index is 4.74. The molecule has 0 unspecified atom stereocenters. The molecule has 1 nitrogen and oxygen atoms in total. The quantitative estimate of drug-likeness (QED) is 0.193. The molecule has 1 aliphatic heterocycles. The number of hydrogen-bond donors (Lipinski definition) is 0. The van der Waals surface area contributed by atoms with Crippen molar-refractivity contribution in [3.63, 3.8) is 0 Å². The van der Waals surface area contributed by atoms with Crippen molar-refractivity contribution in [1.82, 2.24) is 0 Å². The molecule has 46 heavy (non-hydrogen) atoms. The van der Waals surface area contributed by atoms with Crippen molar-refractivity contribution < 1.29 is 0 Å². The zero-order valence-corrected chi connectivity index (χ0v) is 25.9. The molecule has 2 aliphatic rings. The Bertz CT molecular complexity index is 2230. The van der Waals surface area contributed by atoms with Gasteiger partial charge in [0.05, 0.1) is 11.4 Å². The van der Waals surface area contributed by atoms with Crippen LogP contribution in [0.3, 0.4) is 0 Å². The van der Waals surface area contributed by atoms with Gasteiger partial charge in [-0.2, -0.15) is 0 Å². The molecule has 0 atom stereocenters. The third-order valence-corrected chi connectivity index (χ3v) is 9.36. The molecule has 0 N–H and O–H groups in total. The van der Waals surface area contributed by atoms with Gasteiger partial charge in [0.2, 0.25) is 0 Å². The highest BCUT2D eigenvalue weighted by Gasteiger charge is 2.24. The summed E-state index contributed by atoms with van der Waals surface area (Å²) in [6, 6.07) is 48.2. The van der Waals surface area contributed by atoms with Gasteiger partial charge in [0, 0.05) is 17.1 Å². The summed E-state index contributed by atoms with van der Waals surface area (Å²) in [5.41, 5.74) is 12.2. The van der Waals surface area contributed by atoms with E-state index in [1.54, 1.807) is 0 Å². The summed E-state index contributed by atoms with van der Waals surface area (Å²) in [6.45, 7) is 4.74. The molecular weight excluding hydrogens is 555 g/mol. The van der Waals surface area contributed by atoms with E-state index in [-0.39, 0.29) is 0 Å². The van der Waals surface area contributed by atoms with E-state index in [2.05, 4.69) is 169 Å². The molecule has 1 heterocycles. The maximum Gasteiger partial charge on any atom is 0.0540 e. The van der Waals surface area contributed by atoms with Gasteiger partial charge in [0.15, 0.2) is 0 Å². The second-order valence-corrected chi connectivity index (χ2v) is 12.1. The van der Waals surface area contributed by atoms with Crippen molar-refractivity contribution in [2.24, 2.45) is 0 Å². The van der Waals surface area contributed by atoms with E-state index >= 15 is 0 Å². The minimum Gasteiger partial charge on any atom is -0.316 e. The van der Waals surface area contributed by atoms with E-state index < -0.39 is 0 Å². The van der Waals surface area contributed by atoms with E-state index in [1.165, 1.54) is 60.5 Å². The molecule has 8 rings (SSSR count). The molecule has 0 saturated carbocycles. The van der Waals surface area contributed by atoms with Crippen LogP contribution >= 0.6 is 0 Å². The van der Waals surface area contributed by atoms with Crippen LogP contribution in [-0.2, 0) is 6.42 Å². The number of anilines is 2. The van der Waals surface area contributed by atoms with E-state index in [9.17, 15) is 0 Å². The molecule has 0 bridgehead atoms. The first kappa shape index (κ1) is 27.9. The minimum atomic E-state index is 0.865. The fraction of sp³-hybridized carbons (Fsp3) is 0.0667. The first-order valence-electron chi connectivity index (χ1n) is 16.2. The molecule has 0 radical (unpaired) electrons. The number of allylic oxidation sites excluding steroid dienone is 7. The predicted molar refractivity (Wildman–Crippen MR) is 197 cm³/mol. The molecule has 6 aromatic carbocycles. The lowest BCUT2D eigenvalue weighted by Gasteiger charge is -2.30. The molecule has 220 valence electrons. The molecule has 0 amide bonds. The third kappa shape index (κ3) is 5.01. The number of benzene rings is 6. The molecule has 0 spiro atoms. The summed E-state index contributed by atoms with van der Waals surface area (Å²) in [7, 11) is 0. The summed E-state index contributed by atoms with van der Waals surface area (Å²) in [6.07, 6.45) is 14.4. The van der Waals surface area contributed by atoms with Gasteiger partial charge < -0.3 is 4.90 Å². The smallest absolute Gasteiger partial charge is 0.0540 e. The van der Waals surface area contributed by atoms with Crippen LogP contribution in [0, 0.1) is 0 Å². The Kier molecular flexibility index (Phi) is 7.28. The van der Waals surface area contributed by atoms with Crippen LogP contribution < -0.4 is 4.90 Å². The first-order chi connectivity index (χ1) is 22.8. The summed E-state index contributed by atoms with van der Waals surface area (Å²) in [4.78, 5) is 2.38. The van der Waals surface area contributed by atoms with Crippen molar-refractivity contribution in [3.05, 3.63) is 204 Å². The van der Waals surface area contributed by atoms with Crippen molar-refractivity contribution in [1.29, 1.82) is 0 Å². The van der Waals surface area contributed by atoms with Crippen molar-refractivity contribution in [2.45, 2.75) is 19.3 Å². The Morgan fingerprint density at radius 3 is 2.26 bits per heavy atom. The Hall–Kier alpha value is -5.66. The molecule has 1 aliphatic carbocycles. The van der Waals surface area contributed by atoms with E-state index in [0.29, 0.717) is 0 Å². The van der Waals surface area contributed by atoms with Gasteiger partial charge in [-0.05, 0) is 92.6 Å². The van der Waals surface area contributed by atoms with Gasteiger partial charge in [0.25, 0.3) is 0 Å². The number of hydrogen-bond acceptors (Lipinski definition) is 1. The summed E-state index contributed by atoms with van der Waals surface area (Å²) >= 11 is 0. The second-order valence-electron chi connectivity index (χ2n) is 12.1. The highest BCUT2D eigenvalue weighted by atomic mass is 15.1. The highest BCUT2D eigenvalue weighted by molar-refractivity contribution is 6.08. The normalized spacial score (nSPS) is 15.4. The van der Waals surface area contributed by atoms with E-state index in [4.69, 9.17) is 6.58 Å². The largest absolute Gasteiger partial charge is 0.316 e. The second kappa shape index (κ2) is 12.0. The standard InChI is InChI=1S/C45H35N/c1-32-37-20-10-8-19-36(37)30-31-46(44-29-27-35-18-9-11-21-39(35)45(32)44)43-25-13-23-41-40(22-12-24-42(41)43)38(34-16-6-3-7-17-34)28-26-33-14-4-2-5-15-33/h2-9,11-19,21-25,27-31H,1,10,20,26H2/b31-30-,38-28-. The minimum absolute atomic E-state index is 0.865. The fourth-order valence-corrected chi connectivity index (χ4v) is 7.11. The Balaban J connectivity index is 1.34. The van der Waals surface area contributed by atoms with Gasteiger partial charge in [-0.1, -0.05) is 146 Å². The number of rotatable bonds is 5. The monoisotopic (exact) mass is 589 g/mol. The predicted octanol–water partition coefficient (Wildman–Crippen LogP) is 12.0. The summed E-state index contributed by atoms with van der Waals surface area (Å²) in [5, 5.41) is 4.92. The maximum absolute atomic E-state index is 4.74. The molecule has 1 heteroatoms. The van der Waals surface area contributed by atoms with Crippen LogP contribution in [0.2, 0.25) is 0 Å². The average molecular weight is 590 g/mol. The fourth-order valence-electron chi connectivity index (χ4n) is 7.11. The van der Waals surface area contributed by atoms with Crippen LogP contribution in [0.15, 0.2) is 182 Å². The molecule has 0 fully saturated rings. The van der Waals surface area contributed by atoms with Gasteiger partial charge in [-0.15, -0.1) is 0 Å². The van der Waals surface area contributed by atoms with Gasteiger partial charge in [-0.3, -0.25) is 0 Å². The zero-order chi connectivity index (χ0) is 30.9. The van der Waals surface area contributed by atoms with Crippen LogP contribution in [0.4, 0.5) is 11.4 Å². The Morgan fingerprint density at radius 1 is 0.652 bits per heavy atom. The van der Waals surface area contributed by atoms with Crippen molar-refractivity contribution in [2.75, 3.05) is 4.90 Å². The SMILES string of the molecule is C=C1C2=C(C=CCC2)/C=C\N(c2cccc3c(/C(=C\Cc4ccccc4)c4ccccc4)cccc23)c2ccc3ccccc3c21. The van der Waals surface area contributed by atoms with E-state index in [0.717, 1.165) is 36.2 Å². The van der Waals surface area contributed by atoms with Gasteiger partial charge in [-0.25, -0.2) is 0 Å². The van der Waals surface area contributed by atoms with E-state index in [1.807, 2.05) is 0 Å². The molecule has 6 aromatic rings. The lowest BCUT2D eigenvalue weighted by molar-refractivity contribution is 0.982. The van der Waals surface area contributed by atoms with Gasteiger partial charge in [0.1, 0.15) is 0 Å². The average Bonchev–Trinajstić information content (AvgIpc) is 3.12. The van der Waals surface area contributed by atoms with Crippen LogP contribution in [0.25, 0.3) is 32.7 Å². The van der Waals surface area contributed by atoms with Crippen molar-refractivity contribution >= 4 is 44.1 Å². The lowest BCUT2D eigenvalue weighted by Crippen LogP contribution is -2.14.